The maximum Gasteiger partial charge on any atom is 0.135 e. The standard InChI is InChI=1S/C41H23NO2S/c1-3-10-36-28(6-1)30-20-24(12-16-38(30)43-36)25-14-18-40-32(21-25)33-23-27(15-19-41(33)45-40)35-9-5-8-34(42-35)26-13-17-39-31(22-26)29-7-2-4-11-37(29)44-39/h1-23H. The number of benzene rings is 6. The Labute approximate surface area is 261 Å². The number of hydrogen-bond donors (Lipinski definition) is 0. The molecule has 3 nitrogen and oxygen atoms in total. The fraction of sp³-hybridized carbons (Fsp3) is 0. The number of thiophene rings is 1. The maximum atomic E-state index is 6.07. The molecule has 0 radical (unpaired) electrons. The van der Waals surface area contributed by atoms with E-state index in [1.165, 1.54) is 31.3 Å². The molecule has 0 fully saturated rings. The first-order valence-electron chi connectivity index (χ1n) is 15.0. The average molecular weight is 594 g/mol. The normalized spacial score (nSPS) is 12.0. The second-order valence-electron chi connectivity index (χ2n) is 11.6. The average Bonchev–Trinajstić information content (AvgIpc) is 3.78. The number of nitrogens with zero attached hydrogens (tertiary/aromatic N) is 1. The van der Waals surface area contributed by atoms with Crippen LogP contribution in [-0.4, -0.2) is 4.98 Å². The van der Waals surface area contributed by atoms with Crippen molar-refractivity contribution in [3.63, 3.8) is 0 Å². The topological polar surface area (TPSA) is 39.2 Å². The number of furan rings is 2. The summed E-state index contributed by atoms with van der Waals surface area (Å²) in [5.74, 6) is 0. The third-order valence-electron chi connectivity index (χ3n) is 8.90. The SMILES string of the molecule is c1cc(-c2ccc3oc4ccccc4c3c2)nc(-c2ccc3sc4ccc(-c5ccc6oc7ccccc7c6c5)cc4c3c2)c1. The van der Waals surface area contributed by atoms with Crippen molar-refractivity contribution in [2.45, 2.75) is 0 Å². The van der Waals surface area contributed by atoms with Gasteiger partial charge in [-0.2, -0.15) is 0 Å². The summed E-state index contributed by atoms with van der Waals surface area (Å²) in [5, 5.41) is 7.04. The first kappa shape index (κ1) is 24.7. The highest BCUT2D eigenvalue weighted by Crippen LogP contribution is 2.40. The van der Waals surface area contributed by atoms with Gasteiger partial charge in [0.25, 0.3) is 0 Å². The summed E-state index contributed by atoms with van der Waals surface area (Å²) in [6, 6.07) is 49.1. The summed E-state index contributed by atoms with van der Waals surface area (Å²) in [4.78, 5) is 5.13. The molecule has 0 unspecified atom stereocenters. The van der Waals surface area contributed by atoms with E-state index < -0.39 is 0 Å². The Balaban J connectivity index is 1.07. The maximum absolute atomic E-state index is 6.07. The van der Waals surface area contributed by atoms with Crippen LogP contribution in [0.25, 0.3) is 97.7 Å². The van der Waals surface area contributed by atoms with Crippen LogP contribution in [0.2, 0.25) is 0 Å². The molecule has 0 amide bonds. The Morgan fingerprint density at radius 3 is 1.42 bits per heavy atom. The van der Waals surface area contributed by atoms with Crippen LogP contribution in [0.15, 0.2) is 148 Å². The summed E-state index contributed by atoms with van der Waals surface area (Å²) in [6.45, 7) is 0. The van der Waals surface area contributed by atoms with Gasteiger partial charge in [0.2, 0.25) is 0 Å². The second kappa shape index (κ2) is 9.39. The lowest BCUT2D eigenvalue weighted by Crippen LogP contribution is -1.88. The van der Waals surface area contributed by atoms with Crippen molar-refractivity contribution < 1.29 is 8.83 Å². The number of fused-ring (bicyclic) bond motifs is 9. The van der Waals surface area contributed by atoms with Crippen molar-refractivity contribution in [3.8, 4) is 33.6 Å². The predicted molar refractivity (Wildman–Crippen MR) is 188 cm³/mol. The van der Waals surface area contributed by atoms with Crippen molar-refractivity contribution in [2.75, 3.05) is 0 Å². The molecule has 0 aliphatic carbocycles. The second-order valence-corrected chi connectivity index (χ2v) is 12.6. The van der Waals surface area contributed by atoms with Crippen LogP contribution in [0, 0.1) is 0 Å². The van der Waals surface area contributed by atoms with Gasteiger partial charge >= 0.3 is 0 Å². The molecule has 0 bridgehead atoms. The minimum absolute atomic E-state index is 0.892. The summed E-state index contributed by atoms with van der Waals surface area (Å²) in [6.07, 6.45) is 0. The van der Waals surface area contributed by atoms with Crippen molar-refractivity contribution >= 4 is 75.4 Å². The van der Waals surface area contributed by atoms with E-state index in [9.17, 15) is 0 Å². The quantitative estimate of drug-likeness (QED) is 0.205. The van der Waals surface area contributed by atoms with E-state index in [0.29, 0.717) is 0 Å². The van der Waals surface area contributed by atoms with Gasteiger partial charge in [-0.25, -0.2) is 4.98 Å². The lowest BCUT2D eigenvalue weighted by atomic mass is 10.00. The summed E-state index contributed by atoms with van der Waals surface area (Å²) in [5.41, 5.74) is 10.1. The molecule has 6 aromatic carbocycles. The number of aromatic nitrogens is 1. The van der Waals surface area contributed by atoms with Crippen LogP contribution < -0.4 is 0 Å². The van der Waals surface area contributed by atoms with Crippen molar-refractivity contribution in [3.05, 3.63) is 140 Å². The molecule has 0 spiro atoms. The molecule has 0 aliphatic heterocycles. The van der Waals surface area contributed by atoms with Crippen LogP contribution in [0.1, 0.15) is 0 Å². The number of rotatable bonds is 3. The molecule has 0 atom stereocenters. The van der Waals surface area contributed by atoms with Gasteiger partial charge in [0.05, 0.1) is 11.4 Å². The molecule has 4 aromatic heterocycles. The lowest BCUT2D eigenvalue weighted by molar-refractivity contribution is 0.668. The smallest absolute Gasteiger partial charge is 0.135 e. The van der Waals surface area contributed by atoms with Crippen molar-refractivity contribution in [1.82, 2.24) is 4.98 Å². The lowest BCUT2D eigenvalue weighted by Gasteiger charge is -2.06. The highest BCUT2D eigenvalue weighted by molar-refractivity contribution is 7.25. The molecule has 10 aromatic rings. The van der Waals surface area contributed by atoms with Crippen LogP contribution in [-0.2, 0) is 0 Å². The third-order valence-corrected chi connectivity index (χ3v) is 10.0. The molecule has 4 heterocycles. The Bertz CT molecular complexity index is 2780. The van der Waals surface area contributed by atoms with Gasteiger partial charge < -0.3 is 8.83 Å². The van der Waals surface area contributed by atoms with E-state index in [1.807, 2.05) is 41.7 Å². The first-order chi connectivity index (χ1) is 22.2. The zero-order valence-electron chi connectivity index (χ0n) is 24.0. The Morgan fingerprint density at radius 2 is 0.800 bits per heavy atom. The van der Waals surface area contributed by atoms with E-state index in [4.69, 9.17) is 13.8 Å². The zero-order valence-corrected chi connectivity index (χ0v) is 24.8. The summed E-state index contributed by atoms with van der Waals surface area (Å²) < 4.78 is 14.7. The summed E-state index contributed by atoms with van der Waals surface area (Å²) >= 11 is 1.83. The Hall–Kier alpha value is -5.71. The third kappa shape index (κ3) is 3.86. The Morgan fingerprint density at radius 1 is 0.356 bits per heavy atom. The number of pyridine rings is 1. The molecule has 0 saturated heterocycles. The Kier molecular flexibility index (Phi) is 5.16. The fourth-order valence-electron chi connectivity index (χ4n) is 6.66. The molecule has 210 valence electrons. The van der Waals surface area contributed by atoms with Gasteiger partial charge in [0.1, 0.15) is 22.3 Å². The highest BCUT2D eigenvalue weighted by Gasteiger charge is 2.13. The molecule has 0 aliphatic rings. The van der Waals surface area contributed by atoms with Gasteiger partial charge in [-0.05, 0) is 90.0 Å². The molecule has 10 rings (SSSR count). The molecule has 0 N–H and O–H groups in total. The van der Waals surface area contributed by atoms with Crippen LogP contribution in [0.4, 0.5) is 0 Å². The summed E-state index contributed by atoms with van der Waals surface area (Å²) in [7, 11) is 0. The first-order valence-corrected chi connectivity index (χ1v) is 15.8. The van der Waals surface area contributed by atoms with Gasteiger partial charge in [-0.1, -0.05) is 60.7 Å². The number of hydrogen-bond acceptors (Lipinski definition) is 4. The van der Waals surface area contributed by atoms with Crippen LogP contribution in [0.3, 0.4) is 0 Å². The van der Waals surface area contributed by atoms with Crippen molar-refractivity contribution in [1.29, 1.82) is 0 Å². The van der Waals surface area contributed by atoms with Crippen LogP contribution >= 0.6 is 11.3 Å². The fourth-order valence-corrected chi connectivity index (χ4v) is 7.73. The van der Waals surface area contributed by atoms with Gasteiger partial charge in [-0.3, -0.25) is 0 Å². The molecule has 0 saturated carbocycles. The predicted octanol–water partition coefficient (Wildman–Crippen LogP) is 12.2. The molecular formula is C41H23NO2S. The molecule has 45 heavy (non-hydrogen) atoms. The van der Waals surface area contributed by atoms with E-state index in [1.54, 1.807) is 0 Å². The van der Waals surface area contributed by atoms with E-state index in [-0.39, 0.29) is 0 Å². The van der Waals surface area contributed by atoms with E-state index in [2.05, 4.69) is 109 Å². The van der Waals surface area contributed by atoms with E-state index >= 15 is 0 Å². The minimum Gasteiger partial charge on any atom is -0.456 e. The largest absolute Gasteiger partial charge is 0.456 e. The molecular weight excluding hydrogens is 571 g/mol. The highest BCUT2D eigenvalue weighted by atomic mass is 32.1. The molecule has 4 heteroatoms. The van der Waals surface area contributed by atoms with E-state index in [0.717, 1.165) is 66.4 Å². The van der Waals surface area contributed by atoms with Gasteiger partial charge in [0, 0.05) is 52.8 Å². The van der Waals surface area contributed by atoms with Gasteiger partial charge in [-0.15, -0.1) is 11.3 Å². The minimum atomic E-state index is 0.892. The monoisotopic (exact) mass is 593 g/mol. The number of para-hydroxylation sites is 2. The van der Waals surface area contributed by atoms with Crippen molar-refractivity contribution in [2.24, 2.45) is 0 Å². The zero-order chi connectivity index (χ0) is 29.5. The van der Waals surface area contributed by atoms with Gasteiger partial charge in [0.15, 0.2) is 0 Å². The van der Waals surface area contributed by atoms with Crippen LogP contribution in [0.5, 0.6) is 0 Å².